The molecule has 0 aliphatic heterocycles. The Morgan fingerprint density at radius 3 is 2.10 bits per heavy atom. The molecule has 2 nitrogen and oxygen atoms in total. The second-order valence-corrected chi connectivity index (χ2v) is 7.82. The van der Waals surface area contributed by atoms with E-state index in [0.29, 0.717) is 19.8 Å². The monoisotopic (exact) mass is 333 g/mol. The van der Waals surface area contributed by atoms with Crippen LogP contribution in [0.3, 0.4) is 0 Å². The maximum absolute atomic E-state index is 12.2. The average Bonchev–Trinajstić information content (AvgIpc) is 2.48. The molecule has 0 fully saturated rings. The van der Waals surface area contributed by atoms with E-state index in [4.69, 9.17) is 0 Å². The van der Waals surface area contributed by atoms with Crippen LogP contribution < -0.4 is 4.46 Å². The minimum atomic E-state index is -0.0181. The molecule has 0 aliphatic rings. The molecule has 0 saturated carbocycles. The number of hydrogen-bond acceptors (Lipinski definition) is 1. The summed E-state index contributed by atoms with van der Waals surface area (Å²) in [6.45, 7) is 4.16. The summed E-state index contributed by atoms with van der Waals surface area (Å²) < 4.78 is 2.43. The van der Waals surface area contributed by atoms with Crippen molar-refractivity contribution in [3.8, 4) is 0 Å². The topological polar surface area (TPSA) is 26.1 Å². The van der Waals surface area contributed by atoms with Gasteiger partial charge in [-0.1, -0.05) is 0 Å². The van der Waals surface area contributed by atoms with Gasteiger partial charge in [0.1, 0.15) is 0 Å². The van der Waals surface area contributed by atoms with Crippen molar-refractivity contribution in [3.63, 3.8) is 0 Å². The van der Waals surface area contributed by atoms with Gasteiger partial charge in [0.2, 0.25) is 0 Å². The Balaban J connectivity index is 2.03. The van der Waals surface area contributed by atoms with Crippen LogP contribution in [0.25, 0.3) is 0 Å². The third-order valence-corrected chi connectivity index (χ3v) is 5.97. The van der Waals surface area contributed by atoms with Crippen LogP contribution in [-0.2, 0) is 0 Å². The van der Waals surface area contributed by atoms with E-state index >= 15 is 0 Å². The van der Waals surface area contributed by atoms with Gasteiger partial charge in [0, 0.05) is 0 Å². The normalized spacial score (nSPS) is 14.8. The molecule has 0 spiro atoms. The Bertz CT molecular complexity index is 554. The van der Waals surface area contributed by atoms with Crippen molar-refractivity contribution in [2.75, 3.05) is 0 Å². The van der Waals surface area contributed by atoms with E-state index in [1.165, 1.54) is 4.46 Å². The SMILES string of the molecule is CC([Se]c1ccccc1)C(C)/[N+]([O-])=C/c1ccccc1. The number of rotatable bonds is 5. The van der Waals surface area contributed by atoms with Crippen molar-refractivity contribution in [2.45, 2.75) is 24.7 Å². The van der Waals surface area contributed by atoms with Crippen molar-refractivity contribution in [1.29, 1.82) is 0 Å². The molecule has 20 heavy (non-hydrogen) atoms. The van der Waals surface area contributed by atoms with E-state index in [9.17, 15) is 5.21 Å². The summed E-state index contributed by atoms with van der Waals surface area (Å²) in [7, 11) is 0. The number of hydrogen-bond donors (Lipinski definition) is 0. The third-order valence-electron chi connectivity index (χ3n) is 3.22. The predicted octanol–water partition coefficient (Wildman–Crippen LogP) is 2.84. The molecular weight excluding hydrogens is 313 g/mol. The Hall–Kier alpha value is -1.57. The van der Waals surface area contributed by atoms with Crippen LogP contribution in [0, 0.1) is 5.21 Å². The Kier molecular flexibility index (Phi) is 5.39. The second-order valence-electron chi connectivity index (χ2n) is 4.78. The summed E-state index contributed by atoms with van der Waals surface area (Å²) in [5.74, 6) is 0. The third kappa shape index (κ3) is 4.22. The molecule has 3 heteroatoms. The molecule has 0 saturated heterocycles. The summed E-state index contributed by atoms with van der Waals surface area (Å²) in [5, 5.41) is 12.2. The standard InChI is InChI=1S/C17H19NOSe/c1-14(15(2)20-17-11-7-4-8-12-17)18(19)13-16-9-5-3-6-10-16/h3-15H,1-2H3/b18-13-. The van der Waals surface area contributed by atoms with Crippen LogP contribution >= 0.6 is 0 Å². The first-order chi connectivity index (χ1) is 9.66. The Morgan fingerprint density at radius 2 is 1.50 bits per heavy atom. The van der Waals surface area contributed by atoms with E-state index in [1.807, 2.05) is 43.3 Å². The average molecular weight is 332 g/mol. The molecule has 0 amide bonds. The van der Waals surface area contributed by atoms with Gasteiger partial charge in [-0.15, -0.1) is 0 Å². The van der Waals surface area contributed by atoms with Crippen LogP contribution in [0.1, 0.15) is 19.4 Å². The van der Waals surface area contributed by atoms with Gasteiger partial charge in [-0.3, -0.25) is 0 Å². The van der Waals surface area contributed by atoms with Gasteiger partial charge in [-0.25, -0.2) is 0 Å². The van der Waals surface area contributed by atoms with Crippen molar-refractivity contribution in [3.05, 3.63) is 71.4 Å². The molecule has 2 aromatic carbocycles. The fourth-order valence-corrected chi connectivity index (χ4v) is 4.05. The fraction of sp³-hybridized carbons (Fsp3) is 0.235. The van der Waals surface area contributed by atoms with Gasteiger partial charge in [0.15, 0.2) is 0 Å². The van der Waals surface area contributed by atoms with Gasteiger partial charge < -0.3 is 0 Å². The molecular formula is C17H19NOSe. The zero-order chi connectivity index (χ0) is 14.4. The quantitative estimate of drug-likeness (QED) is 0.272. The zero-order valence-corrected chi connectivity index (χ0v) is 13.5. The van der Waals surface area contributed by atoms with Crippen LogP contribution in [0.5, 0.6) is 0 Å². The van der Waals surface area contributed by atoms with Crippen LogP contribution in [0.2, 0.25) is 4.82 Å². The minimum absolute atomic E-state index is 0.0181. The van der Waals surface area contributed by atoms with Gasteiger partial charge >= 0.3 is 127 Å². The summed E-state index contributed by atoms with van der Waals surface area (Å²) in [4.78, 5) is 0.363. The second kappa shape index (κ2) is 7.28. The van der Waals surface area contributed by atoms with Crippen molar-refractivity contribution in [2.24, 2.45) is 0 Å². The molecule has 0 aliphatic carbocycles. The predicted molar refractivity (Wildman–Crippen MR) is 86.0 cm³/mol. The molecule has 2 atom stereocenters. The molecule has 0 radical (unpaired) electrons. The van der Waals surface area contributed by atoms with Gasteiger partial charge in [-0.2, -0.15) is 0 Å². The van der Waals surface area contributed by atoms with Gasteiger partial charge in [0.25, 0.3) is 0 Å². The van der Waals surface area contributed by atoms with Gasteiger partial charge in [0.05, 0.1) is 0 Å². The zero-order valence-electron chi connectivity index (χ0n) is 11.8. The van der Waals surface area contributed by atoms with E-state index in [-0.39, 0.29) is 6.04 Å². The van der Waals surface area contributed by atoms with Crippen molar-refractivity contribution in [1.82, 2.24) is 0 Å². The molecule has 0 bridgehead atoms. The fourth-order valence-electron chi connectivity index (χ4n) is 1.82. The maximum atomic E-state index is 12.2. The first kappa shape index (κ1) is 14.8. The van der Waals surface area contributed by atoms with Crippen molar-refractivity contribution < 1.29 is 4.74 Å². The van der Waals surface area contributed by atoms with E-state index in [2.05, 4.69) is 31.2 Å². The molecule has 2 unspecified atom stereocenters. The van der Waals surface area contributed by atoms with Crippen LogP contribution in [-0.4, -0.2) is 32.0 Å². The van der Waals surface area contributed by atoms with E-state index in [0.717, 1.165) is 10.3 Å². The molecule has 0 aromatic heterocycles. The van der Waals surface area contributed by atoms with Crippen LogP contribution in [0.15, 0.2) is 60.7 Å². The molecule has 2 rings (SSSR count). The van der Waals surface area contributed by atoms with Crippen LogP contribution in [0.4, 0.5) is 0 Å². The van der Waals surface area contributed by atoms with E-state index < -0.39 is 0 Å². The molecule has 2 aromatic rings. The molecule has 0 N–H and O–H groups in total. The molecule has 0 heterocycles. The first-order valence-corrected chi connectivity index (χ1v) is 8.58. The van der Waals surface area contributed by atoms with Gasteiger partial charge in [-0.05, 0) is 0 Å². The Morgan fingerprint density at radius 1 is 0.950 bits per heavy atom. The summed E-state index contributed by atoms with van der Waals surface area (Å²) in [6, 6.07) is 20.1. The molecule has 104 valence electrons. The summed E-state index contributed by atoms with van der Waals surface area (Å²) in [5.41, 5.74) is 0.953. The van der Waals surface area contributed by atoms with Crippen molar-refractivity contribution >= 4 is 25.6 Å². The summed E-state index contributed by atoms with van der Waals surface area (Å²) >= 11 is 0.313. The number of nitrogens with zero attached hydrogens (tertiary/aromatic N) is 1. The Labute approximate surface area is 126 Å². The first-order valence-electron chi connectivity index (χ1n) is 6.74. The van der Waals surface area contributed by atoms with E-state index in [1.54, 1.807) is 6.21 Å². The number of benzene rings is 2. The summed E-state index contributed by atoms with van der Waals surface area (Å²) in [6.07, 6.45) is 1.68. The number of hydroxylamine groups is 1.